The summed E-state index contributed by atoms with van der Waals surface area (Å²) in [7, 11) is 0. The number of hydrogen-bond donors (Lipinski definition) is 2. The molecule has 0 radical (unpaired) electrons. The number of Topliss-reactive ketones (excluding diaryl/α,β-unsaturated/α-hetero) is 1. The maximum atomic E-state index is 12.8. The minimum Gasteiger partial charge on any atom is -0.352 e. The Morgan fingerprint density at radius 2 is 1.16 bits per heavy atom. The average molecular weight is 419 g/mol. The molecule has 2 amide bonds. The molecule has 2 fully saturated rings. The summed E-state index contributed by atoms with van der Waals surface area (Å²) in [5.74, 6) is 2.82. The molecular weight excluding hydrogens is 388 g/mol. The first kappa shape index (κ1) is 20.2. The fourth-order valence-corrected chi connectivity index (χ4v) is 6.00. The van der Waals surface area contributed by atoms with Crippen molar-refractivity contribution in [3.05, 3.63) is 59.2 Å². The summed E-state index contributed by atoms with van der Waals surface area (Å²) >= 11 is 0. The summed E-state index contributed by atoms with van der Waals surface area (Å²) in [5, 5.41) is 6.06. The van der Waals surface area contributed by atoms with Crippen molar-refractivity contribution in [1.29, 1.82) is 0 Å². The smallest absolute Gasteiger partial charge is 0.251 e. The summed E-state index contributed by atoms with van der Waals surface area (Å²) in [6.07, 6.45) is 13.8. The van der Waals surface area contributed by atoms with Gasteiger partial charge in [-0.2, -0.15) is 0 Å². The minimum absolute atomic E-state index is 0.153. The average Bonchev–Trinajstić information content (AvgIpc) is 3.57. The van der Waals surface area contributed by atoms with E-state index in [4.69, 9.17) is 0 Å². The first-order chi connectivity index (χ1) is 15.0. The van der Waals surface area contributed by atoms with Crippen LogP contribution in [0.2, 0.25) is 0 Å². The Morgan fingerprint density at radius 1 is 0.710 bits per heavy atom. The molecule has 0 aromatic heterocycles. The standard InChI is InChI=1S/C26H30N2O3/c1-15(29)20-10-21(25(30)27-13-23-8-16-2-4-18(23)6-16)12-22(11-20)26(31)28-14-24-9-17-3-5-19(24)7-17/h2-5,10-12,16-19,23-24H,6-9,13-14H2,1H3,(H,27,30)(H,28,31). The first-order valence-electron chi connectivity index (χ1n) is 11.6. The molecule has 6 unspecified atom stereocenters. The predicted octanol–water partition coefficient (Wildman–Crippen LogP) is 3.77. The molecule has 5 heteroatoms. The zero-order valence-electron chi connectivity index (χ0n) is 18.0. The number of carbonyl (C=O) groups is 3. The van der Waals surface area contributed by atoms with Gasteiger partial charge in [0.2, 0.25) is 0 Å². The maximum Gasteiger partial charge on any atom is 0.251 e. The van der Waals surface area contributed by atoms with Crippen molar-refractivity contribution in [1.82, 2.24) is 10.6 Å². The molecule has 4 bridgehead atoms. The monoisotopic (exact) mass is 418 g/mol. The summed E-state index contributed by atoms with van der Waals surface area (Å²) in [6.45, 7) is 2.73. The number of rotatable bonds is 7. The van der Waals surface area contributed by atoms with E-state index in [0.29, 0.717) is 65.3 Å². The van der Waals surface area contributed by atoms with Crippen LogP contribution in [-0.4, -0.2) is 30.7 Å². The van der Waals surface area contributed by atoms with Crippen LogP contribution >= 0.6 is 0 Å². The van der Waals surface area contributed by atoms with E-state index in [9.17, 15) is 14.4 Å². The number of hydrogen-bond acceptors (Lipinski definition) is 3. The van der Waals surface area contributed by atoms with Gasteiger partial charge in [-0.15, -0.1) is 0 Å². The SMILES string of the molecule is CC(=O)c1cc(C(=O)NCC2CC3C=CC2C3)cc(C(=O)NCC2CC3C=CC2C3)c1. The van der Waals surface area contributed by atoms with Crippen molar-refractivity contribution in [3.63, 3.8) is 0 Å². The third-order valence-corrected chi connectivity index (χ3v) is 7.75. The minimum atomic E-state index is -0.220. The third kappa shape index (κ3) is 4.10. The van der Waals surface area contributed by atoms with Crippen molar-refractivity contribution in [2.24, 2.45) is 35.5 Å². The summed E-state index contributed by atoms with van der Waals surface area (Å²) < 4.78 is 0. The molecule has 1 aromatic carbocycles. The Balaban J connectivity index is 1.24. The lowest BCUT2D eigenvalue weighted by Gasteiger charge is -2.19. The molecule has 0 saturated heterocycles. The summed E-state index contributed by atoms with van der Waals surface area (Å²) in [4.78, 5) is 37.7. The summed E-state index contributed by atoms with van der Waals surface area (Å²) in [5.41, 5.74) is 1.14. The van der Waals surface area contributed by atoms with Crippen molar-refractivity contribution >= 4 is 17.6 Å². The van der Waals surface area contributed by atoms with Crippen LogP contribution < -0.4 is 10.6 Å². The van der Waals surface area contributed by atoms with E-state index in [-0.39, 0.29) is 17.6 Å². The van der Waals surface area contributed by atoms with Gasteiger partial charge in [-0.1, -0.05) is 24.3 Å². The third-order valence-electron chi connectivity index (χ3n) is 7.75. The van der Waals surface area contributed by atoms with Gasteiger partial charge in [-0.25, -0.2) is 0 Å². The van der Waals surface area contributed by atoms with E-state index >= 15 is 0 Å². The summed E-state index contributed by atoms with van der Waals surface area (Å²) in [6, 6.07) is 4.80. The first-order valence-corrected chi connectivity index (χ1v) is 11.6. The number of carbonyl (C=O) groups excluding carboxylic acids is 3. The topological polar surface area (TPSA) is 75.3 Å². The highest BCUT2D eigenvalue weighted by atomic mass is 16.2. The van der Waals surface area contributed by atoms with Gasteiger partial charge in [-0.3, -0.25) is 14.4 Å². The van der Waals surface area contributed by atoms with Gasteiger partial charge < -0.3 is 10.6 Å². The molecule has 2 saturated carbocycles. The molecule has 162 valence electrons. The van der Waals surface area contributed by atoms with Crippen LogP contribution in [0.25, 0.3) is 0 Å². The molecule has 4 aliphatic carbocycles. The highest BCUT2D eigenvalue weighted by Crippen LogP contribution is 2.43. The Labute approximate surface area is 183 Å². The van der Waals surface area contributed by atoms with Crippen LogP contribution in [0, 0.1) is 35.5 Å². The molecule has 0 heterocycles. The van der Waals surface area contributed by atoms with Crippen LogP contribution in [0.5, 0.6) is 0 Å². The van der Waals surface area contributed by atoms with Crippen LogP contribution in [0.15, 0.2) is 42.5 Å². The molecule has 6 atom stereocenters. The Hall–Kier alpha value is -2.69. The van der Waals surface area contributed by atoms with Crippen LogP contribution in [-0.2, 0) is 0 Å². The largest absolute Gasteiger partial charge is 0.352 e. The number of amides is 2. The zero-order chi connectivity index (χ0) is 21.5. The van der Waals surface area contributed by atoms with Gasteiger partial charge in [0.1, 0.15) is 0 Å². The van der Waals surface area contributed by atoms with Crippen LogP contribution in [0.1, 0.15) is 63.7 Å². The Bertz CT molecular complexity index is 911. The van der Waals surface area contributed by atoms with Gasteiger partial charge in [0, 0.05) is 29.8 Å². The van der Waals surface area contributed by atoms with Gasteiger partial charge in [0.05, 0.1) is 0 Å². The van der Waals surface area contributed by atoms with Crippen molar-refractivity contribution in [2.45, 2.75) is 32.6 Å². The van der Waals surface area contributed by atoms with E-state index < -0.39 is 0 Å². The number of benzene rings is 1. The number of allylic oxidation sites excluding steroid dienone is 4. The molecule has 5 rings (SSSR count). The highest BCUT2D eigenvalue weighted by Gasteiger charge is 2.36. The molecular formula is C26H30N2O3. The Morgan fingerprint density at radius 3 is 1.52 bits per heavy atom. The van der Waals surface area contributed by atoms with Crippen LogP contribution in [0.3, 0.4) is 0 Å². The van der Waals surface area contributed by atoms with E-state index in [0.717, 1.165) is 12.8 Å². The van der Waals surface area contributed by atoms with E-state index in [2.05, 4.69) is 34.9 Å². The second kappa shape index (κ2) is 8.10. The lowest BCUT2D eigenvalue weighted by molar-refractivity contribution is 0.0944. The predicted molar refractivity (Wildman–Crippen MR) is 119 cm³/mol. The number of nitrogens with one attached hydrogen (secondary N) is 2. The molecule has 31 heavy (non-hydrogen) atoms. The second-order valence-corrected chi connectivity index (χ2v) is 9.86. The molecule has 5 nitrogen and oxygen atoms in total. The molecule has 4 aliphatic rings. The van der Waals surface area contributed by atoms with Crippen molar-refractivity contribution in [2.75, 3.05) is 13.1 Å². The molecule has 2 N–H and O–H groups in total. The molecule has 1 aromatic rings. The zero-order valence-corrected chi connectivity index (χ0v) is 18.0. The lowest BCUT2D eigenvalue weighted by Crippen LogP contribution is -2.32. The van der Waals surface area contributed by atoms with E-state index in [1.165, 1.54) is 19.8 Å². The molecule has 0 aliphatic heterocycles. The number of fused-ring (bicyclic) bond motifs is 4. The second-order valence-electron chi connectivity index (χ2n) is 9.86. The van der Waals surface area contributed by atoms with E-state index in [1.54, 1.807) is 18.2 Å². The number of ketones is 1. The lowest BCUT2D eigenvalue weighted by atomic mass is 9.93. The van der Waals surface area contributed by atoms with Gasteiger partial charge in [-0.05, 0) is 86.3 Å². The van der Waals surface area contributed by atoms with Gasteiger partial charge in [0.15, 0.2) is 5.78 Å². The highest BCUT2D eigenvalue weighted by molar-refractivity contribution is 6.04. The van der Waals surface area contributed by atoms with Gasteiger partial charge >= 0.3 is 0 Å². The fourth-order valence-electron chi connectivity index (χ4n) is 6.00. The van der Waals surface area contributed by atoms with Crippen molar-refractivity contribution < 1.29 is 14.4 Å². The Kier molecular flexibility index (Phi) is 5.28. The molecule has 0 spiro atoms. The normalized spacial score (nSPS) is 31.9. The maximum absolute atomic E-state index is 12.8. The fraction of sp³-hybridized carbons (Fsp3) is 0.500. The van der Waals surface area contributed by atoms with Crippen LogP contribution in [0.4, 0.5) is 0 Å². The van der Waals surface area contributed by atoms with Crippen molar-refractivity contribution in [3.8, 4) is 0 Å². The van der Waals surface area contributed by atoms with E-state index in [1.807, 2.05) is 0 Å². The quantitative estimate of drug-likeness (QED) is 0.523. The van der Waals surface area contributed by atoms with Gasteiger partial charge in [0.25, 0.3) is 11.8 Å².